The van der Waals surface area contributed by atoms with E-state index in [-0.39, 0.29) is 29.4 Å². The van der Waals surface area contributed by atoms with Crippen molar-refractivity contribution < 1.29 is 33.4 Å². The number of carboxylic acids is 1. The number of amides is 2. The van der Waals surface area contributed by atoms with Crippen LogP contribution in [0.3, 0.4) is 0 Å². The summed E-state index contributed by atoms with van der Waals surface area (Å²) in [4.78, 5) is 37.5. The van der Waals surface area contributed by atoms with Crippen LogP contribution < -0.4 is 9.47 Å². The van der Waals surface area contributed by atoms with Gasteiger partial charge >= 0.3 is 5.97 Å². The first-order valence-corrected chi connectivity index (χ1v) is 11.3. The number of aromatic carboxylic acids is 1. The highest BCUT2D eigenvalue weighted by atomic mass is 32.2. The largest absolute Gasteiger partial charge is 0.493 e. The third-order valence-corrected chi connectivity index (χ3v) is 6.12. The number of rotatable bonds is 8. The summed E-state index contributed by atoms with van der Waals surface area (Å²) in [5.41, 5.74) is 2.27. The molecule has 1 saturated heterocycles. The van der Waals surface area contributed by atoms with Crippen LogP contribution in [-0.2, 0) is 17.9 Å². The Morgan fingerprint density at radius 2 is 1.69 bits per heavy atom. The maximum Gasteiger partial charge on any atom is 0.335 e. The number of hydrogen-bond donors (Lipinski definition) is 1. The molecule has 1 fully saturated rings. The van der Waals surface area contributed by atoms with E-state index in [1.165, 1.54) is 43.5 Å². The number of imide groups is 1. The highest BCUT2D eigenvalue weighted by Gasteiger charge is 2.35. The fourth-order valence-electron chi connectivity index (χ4n) is 3.36. The Morgan fingerprint density at radius 1 is 1.00 bits per heavy atom. The van der Waals surface area contributed by atoms with E-state index in [0.29, 0.717) is 22.6 Å². The van der Waals surface area contributed by atoms with Crippen molar-refractivity contribution in [2.24, 2.45) is 0 Å². The molecule has 9 heteroatoms. The van der Waals surface area contributed by atoms with Crippen molar-refractivity contribution >= 4 is 35.0 Å². The van der Waals surface area contributed by atoms with E-state index in [1.807, 2.05) is 0 Å². The monoisotopic (exact) mass is 493 g/mol. The molecule has 0 bridgehead atoms. The second kappa shape index (κ2) is 10.4. The molecule has 0 atom stereocenters. The molecule has 178 valence electrons. The van der Waals surface area contributed by atoms with Gasteiger partial charge in [-0.15, -0.1) is 0 Å². The molecule has 0 spiro atoms. The topological polar surface area (TPSA) is 93.1 Å². The van der Waals surface area contributed by atoms with Gasteiger partial charge in [0.25, 0.3) is 11.1 Å². The summed E-state index contributed by atoms with van der Waals surface area (Å²) in [7, 11) is 1.49. The summed E-state index contributed by atoms with van der Waals surface area (Å²) in [6, 6.07) is 17.1. The molecule has 1 aliphatic rings. The molecule has 0 radical (unpaired) electrons. The van der Waals surface area contributed by atoms with E-state index in [9.17, 15) is 18.8 Å². The lowest BCUT2D eigenvalue weighted by atomic mass is 10.1. The van der Waals surface area contributed by atoms with Crippen LogP contribution in [0.5, 0.6) is 11.5 Å². The number of hydrogen-bond acceptors (Lipinski definition) is 6. The van der Waals surface area contributed by atoms with Crippen LogP contribution in [0.15, 0.2) is 71.6 Å². The Balaban J connectivity index is 1.45. The van der Waals surface area contributed by atoms with Gasteiger partial charge < -0.3 is 14.6 Å². The van der Waals surface area contributed by atoms with Crippen LogP contribution in [-0.4, -0.2) is 34.2 Å². The van der Waals surface area contributed by atoms with E-state index in [0.717, 1.165) is 22.2 Å². The van der Waals surface area contributed by atoms with Crippen molar-refractivity contribution in [1.82, 2.24) is 4.90 Å². The number of benzene rings is 3. The van der Waals surface area contributed by atoms with Gasteiger partial charge in [0.15, 0.2) is 11.5 Å². The molecule has 3 aromatic carbocycles. The summed E-state index contributed by atoms with van der Waals surface area (Å²) in [6.07, 6.45) is 1.60. The molecule has 1 aliphatic heterocycles. The zero-order chi connectivity index (χ0) is 24.9. The number of carbonyl (C=O) groups excluding carboxylic acids is 2. The maximum atomic E-state index is 13.1. The van der Waals surface area contributed by atoms with Crippen LogP contribution in [0.25, 0.3) is 6.08 Å². The van der Waals surface area contributed by atoms with E-state index < -0.39 is 17.1 Å². The molecular formula is C26H20FNO6S. The van der Waals surface area contributed by atoms with Crippen molar-refractivity contribution in [3.63, 3.8) is 0 Å². The highest BCUT2D eigenvalue weighted by molar-refractivity contribution is 8.18. The third-order valence-electron chi connectivity index (χ3n) is 5.21. The van der Waals surface area contributed by atoms with Crippen LogP contribution >= 0.6 is 11.8 Å². The van der Waals surface area contributed by atoms with Crippen molar-refractivity contribution in [2.75, 3.05) is 7.11 Å². The normalized spacial score (nSPS) is 14.5. The van der Waals surface area contributed by atoms with Crippen molar-refractivity contribution in [2.45, 2.75) is 13.2 Å². The fraction of sp³-hybridized carbons (Fsp3) is 0.115. The number of carboxylic acid groups (broad SMARTS) is 1. The summed E-state index contributed by atoms with van der Waals surface area (Å²) >= 11 is 0.838. The number of thioether (sulfide) groups is 1. The molecule has 7 nitrogen and oxygen atoms in total. The second-order valence-corrected chi connectivity index (χ2v) is 8.59. The lowest BCUT2D eigenvalue weighted by molar-refractivity contribution is -0.123. The summed E-state index contributed by atoms with van der Waals surface area (Å²) in [5.74, 6) is -0.903. The van der Waals surface area contributed by atoms with Crippen LogP contribution in [0.4, 0.5) is 9.18 Å². The molecule has 1 N–H and O–H groups in total. The molecule has 0 unspecified atom stereocenters. The molecule has 0 aliphatic carbocycles. The second-order valence-electron chi connectivity index (χ2n) is 7.60. The predicted molar refractivity (Wildman–Crippen MR) is 129 cm³/mol. The minimum absolute atomic E-state index is 0.0613. The molecule has 0 saturated carbocycles. The zero-order valence-corrected chi connectivity index (χ0v) is 19.4. The average molecular weight is 494 g/mol. The number of methoxy groups -OCH3 is 1. The first-order chi connectivity index (χ1) is 16.8. The van der Waals surface area contributed by atoms with Gasteiger partial charge in [0.2, 0.25) is 0 Å². The van der Waals surface area contributed by atoms with Gasteiger partial charge in [-0.25, -0.2) is 9.18 Å². The Kier molecular flexibility index (Phi) is 7.17. The average Bonchev–Trinajstić information content (AvgIpc) is 3.11. The van der Waals surface area contributed by atoms with E-state index in [1.54, 1.807) is 36.4 Å². The van der Waals surface area contributed by atoms with Gasteiger partial charge in [0.1, 0.15) is 12.4 Å². The lowest BCUT2D eigenvalue weighted by Gasteiger charge is -2.12. The van der Waals surface area contributed by atoms with Crippen molar-refractivity contribution in [1.29, 1.82) is 0 Å². The van der Waals surface area contributed by atoms with Crippen LogP contribution in [0, 0.1) is 5.82 Å². The van der Waals surface area contributed by atoms with Crippen LogP contribution in [0.2, 0.25) is 0 Å². The fourth-order valence-corrected chi connectivity index (χ4v) is 4.20. The minimum Gasteiger partial charge on any atom is -0.493 e. The quantitative estimate of drug-likeness (QED) is 0.423. The SMILES string of the molecule is COc1cc(/C=C2\SC(=O)N(Cc3ccc(F)cc3)C2=O)ccc1OCc1ccc(C(=O)O)cc1. The van der Waals surface area contributed by atoms with Gasteiger partial charge in [-0.05, 0) is 70.9 Å². The summed E-state index contributed by atoms with van der Waals surface area (Å²) < 4.78 is 24.4. The number of carbonyl (C=O) groups is 3. The van der Waals surface area contributed by atoms with Gasteiger partial charge in [0.05, 0.1) is 24.1 Å². The molecular weight excluding hydrogens is 473 g/mol. The summed E-state index contributed by atoms with van der Waals surface area (Å²) in [6.45, 7) is 0.268. The number of ether oxygens (including phenoxy) is 2. The van der Waals surface area contributed by atoms with Crippen LogP contribution in [0.1, 0.15) is 27.0 Å². The smallest absolute Gasteiger partial charge is 0.335 e. The highest BCUT2D eigenvalue weighted by Crippen LogP contribution is 2.35. The molecule has 2 amide bonds. The van der Waals surface area contributed by atoms with Gasteiger partial charge in [-0.2, -0.15) is 0 Å². The number of nitrogens with zero attached hydrogens (tertiary/aromatic N) is 1. The standard InChI is InChI=1S/C26H20FNO6S/c1-33-22-12-18(6-11-21(22)34-15-17-2-7-19(8-3-17)25(30)31)13-23-24(29)28(26(32)35-23)14-16-4-9-20(27)10-5-16/h2-13H,14-15H2,1H3,(H,30,31)/b23-13-. The molecule has 1 heterocycles. The van der Waals surface area contributed by atoms with Gasteiger partial charge in [0, 0.05) is 0 Å². The van der Waals surface area contributed by atoms with E-state index in [2.05, 4.69) is 0 Å². The molecule has 35 heavy (non-hydrogen) atoms. The Labute approximate surface area is 204 Å². The van der Waals surface area contributed by atoms with E-state index >= 15 is 0 Å². The molecule has 3 aromatic rings. The van der Waals surface area contributed by atoms with E-state index in [4.69, 9.17) is 14.6 Å². The molecule has 0 aromatic heterocycles. The maximum absolute atomic E-state index is 13.1. The lowest BCUT2D eigenvalue weighted by Crippen LogP contribution is -2.27. The minimum atomic E-state index is -0.997. The van der Waals surface area contributed by atoms with Crippen molar-refractivity contribution in [3.05, 3.63) is 99.7 Å². The predicted octanol–water partition coefficient (Wildman–Crippen LogP) is 5.35. The van der Waals surface area contributed by atoms with Crippen molar-refractivity contribution in [3.8, 4) is 11.5 Å². The van der Waals surface area contributed by atoms with Gasteiger partial charge in [-0.3, -0.25) is 14.5 Å². The third kappa shape index (κ3) is 5.70. The Bertz CT molecular complexity index is 1300. The van der Waals surface area contributed by atoms with Gasteiger partial charge in [-0.1, -0.05) is 30.3 Å². The zero-order valence-electron chi connectivity index (χ0n) is 18.6. The Hall–Kier alpha value is -4.11. The number of halogens is 1. The Morgan fingerprint density at radius 3 is 2.34 bits per heavy atom. The molecule has 4 rings (SSSR count). The first kappa shape index (κ1) is 24.0. The first-order valence-electron chi connectivity index (χ1n) is 10.5. The summed E-state index contributed by atoms with van der Waals surface area (Å²) in [5, 5.41) is 8.60.